The Hall–Kier alpha value is -3.57. The molecule has 2 aliphatic heterocycles. The molecule has 2 bridgehead atoms. The lowest BCUT2D eigenvalue weighted by Crippen LogP contribution is -2.42. The van der Waals surface area contributed by atoms with Gasteiger partial charge in [-0.1, -0.05) is 35.1 Å². The first-order chi connectivity index (χ1) is 19.7. The van der Waals surface area contributed by atoms with Crippen LogP contribution in [-0.4, -0.2) is 51.1 Å². The predicted octanol–water partition coefficient (Wildman–Crippen LogP) is 3.96. The highest BCUT2D eigenvalue weighted by atomic mass is 32.2. The lowest BCUT2D eigenvalue weighted by molar-refractivity contribution is -0.143. The van der Waals surface area contributed by atoms with Gasteiger partial charge in [-0.15, -0.1) is 11.8 Å². The number of thioether (sulfide) groups is 1. The molecule has 4 aliphatic rings. The molecule has 212 valence electrons. The number of aromatic hydroxyl groups is 1. The quantitative estimate of drug-likeness (QED) is 0.370. The third-order valence-electron chi connectivity index (χ3n) is 9.10. The Balaban J connectivity index is 1.20. The molecule has 0 radical (unpaired) electrons. The molecule has 7 atom stereocenters. The molecule has 3 N–H and O–H groups in total. The summed E-state index contributed by atoms with van der Waals surface area (Å²) in [5.41, 5.74) is 2.59. The van der Waals surface area contributed by atoms with Gasteiger partial charge in [0.2, 0.25) is 17.7 Å². The molecule has 3 aromatic rings. The molecule has 1 aromatic heterocycles. The Morgan fingerprint density at radius 3 is 2.56 bits per heavy atom. The second-order valence-electron chi connectivity index (χ2n) is 11.3. The number of fused-ring (bicyclic) bond motifs is 9. The average Bonchev–Trinajstić information content (AvgIpc) is 3.67. The van der Waals surface area contributed by atoms with Crippen LogP contribution in [0.2, 0.25) is 0 Å². The average molecular weight is 592 g/mol. The zero-order valence-electron chi connectivity index (χ0n) is 22.5. The van der Waals surface area contributed by atoms with Gasteiger partial charge in [0.25, 0.3) is 0 Å². The number of benzene rings is 2. The van der Waals surface area contributed by atoms with Gasteiger partial charge in [-0.2, -0.15) is 0 Å². The van der Waals surface area contributed by atoms with Crippen molar-refractivity contribution in [1.82, 2.24) is 9.88 Å². The van der Waals surface area contributed by atoms with Crippen molar-refractivity contribution >= 4 is 46.5 Å². The molecule has 3 amide bonds. The van der Waals surface area contributed by atoms with Crippen LogP contribution in [0.3, 0.4) is 0 Å². The van der Waals surface area contributed by atoms with Crippen molar-refractivity contribution < 1.29 is 24.2 Å². The van der Waals surface area contributed by atoms with Crippen LogP contribution in [-0.2, 0) is 14.4 Å². The molecule has 3 fully saturated rings. The lowest BCUT2D eigenvalue weighted by Gasteiger charge is -2.43. The number of aromatic amines is 1. The second kappa shape index (κ2) is 9.77. The van der Waals surface area contributed by atoms with Crippen LogP contribution in [0.25, 0.3) is 0 Å². The van der Waals surface area contributed by atoms with Gasteiger partial charge in [-0.25, -0.2) is 0 Å². The molecule has 7 rings (SSSR count). The highest BCUT2D eigenvalue weighted by Crippen LogP contribution is 2.68. The number of phenolic OH excluding ortho intramolecular Hbond substituents is 1. The number of nitrogens with one attached hydrogen (secondary N) is 2. The number of thiazole rings is 1. The van der Waals surface area contributed by atoms with Gasteiger partial charge in [0.1, 0.15) is 6.54 Å². The monoisotopic (exact) mass is 591 g/mol. The first kappa shape index (κ1) is 26.3. The van der Waals surface area contributed by atoms with Crippen LogP contribution in [0, 0.1) is 36.5 Å². The molecular formula is C30H29N3O6S2. The maximum atomic E-state index is 13.8. The van der Waals surface area contributed by atoms with E-state index < -0.39 is 17.7 Å². The third kappa shape index (κ3) is 4.12. The molecule has 3 heterocycles. The molecule has 1 saturated heterocycles. The number of hydrogen-bond donors (Lipinski definition) is 3. The molecule has 2 aliphatic carbocycles. The maximum absolute atomic E-state index is 13.8. The molecular weight excluding hydrogens is 562 g/mol. The fourth-order valence-corrected chi connectivity index (χ4v) is 10.5. The van der Waals surface area contributed by atoms with Gasteiger partial charge < -0.3 is 20.1 Å². The molecule has 7 unspecified atom stereocenters. The van der Waals surface area contributed by atoms with Crippen LogP contribution < -0.4 is 14.9 Å². The Morgan fingerprint density at radius 2 is 1.83 bits per heavy atom. The van der Waals surface area contributed by atoms with Crippen LogP contribution in [0.4, 0.5) is 5.69 Å². The first-order valence-corrected chi connectivity index (χ1v) is 15.5. The number of carbonyl (C=O) groups excluding carboxylic acids is 3. The van der Waals surface area contributed by atoms with Gasteiger partial charge in [0.15, 0.2) is 11.5 Å². The SMILES string of the molecule is CCOc1cc(C2c3sc(=O)[nH]c3SC3C4CC(C5C(=O)N(CC(=O)Nc6ccc(C)cc6)C(=O)C45)C23)ccc1O. The number of likely N-dealkylation sites (tertiary alicyclic amines) is 1. The molecule has 2 aromatic carbocycles. The van der Waals surface area contributed by atoms with Gasteiger partial charge in [0, 0.05) is 21.7 Å². The van der Waals surface area contributed by atoms with Crippen molar-refractivity contribution in [2.24, 2.45) is 29.6 Å². The van der Waals surface area contributed by atoms with Crippen molar-refractivity contribution in [3.05, 3.63) is 68.1 Å². The summed E-state index contributed by atoms with van der Waals surface area (Å²) in [6, 6.07) is 12.7. The topological polar surface area (TPSA) is 129 Å². The smallest absolute Gasteiger partial charge is 0.305 e. The maximum Gasteiger partial charge on any atom is 0.305 e. The number of imide groups is 1. The van der Waals surface area contributed by atoms with E-state index >= 15 is 0 Å². The number of ether oxygens (including phenoxy) is 1. The van der Waals surface area contributed by atoms with Crippen LogP contribution in [0.15, 0.2) is 52.3 Å². The zero-order valence-corrected chi connectivity index (χ0v) is 24.1. The van der Waals surface area contributed by atoms with E-state index in [4.69, 9.17) is 4.74 Å². The number of nitrogens with zero attached hydrogens (tertiary/aromatic N) is 1. The van der Waals surface area contributed by atoms with E-state index in [0.717, 1.165) is 32.4 Å². The summed E-state index contributed by atoms with van der Waals surface area (Å²) < 4.78 is 5.67. The Morgan fingerprint density at radius 1 is 1.10 bits per heavy atom. The van der Waals surface area contributed by atoms with E-state index in [0.29, 0.717) is 18.0 Å². The van der Waals surface area contributed by atoms with E-state index in [1.165, 1.54) is 11.3 Å². The molecule has 41 heavy (non-hydrogen) atoms. The number of hydrogen-bond acceptors (Lipinski definition) is 8. The van der Waals surface area contributed by atoms with Crippen LogP contribution >= 0.6 is 23.1 Å². The summed E-state index contributed by atoms with van der Waals surface area (Å²) in [5, 5.41) is 14.0. The fourth-order valence-electron chi connectivity index (χ4n) is 7.58. The normalized spacial score (nSPS) is 29.3. The minimum atomic E-state index is -0.482. The molecule has 0 spiro atoms. The number of H-pyrrole nitrogens is 1. The van der Waals surface area contributed by atoms with E-state index in [9.17, 15) is 24.3 Å². The first-order valence-electron chi connectivity index (χ1n) is 13.8. The summed E-state index contributed by atoms with van der Waals surface area (Å²) in [5.74, 6) is -1.73. The molecule has 9 nitrogen and oxygen atoms in total. The van der Waals surface area contributed by atoms with E-state index in [2.05, 4.69) is 10.3 Å². The van der Waals surface area contributed by atoms with Crippen molar-refractivity contribution in [2.75, 3.05) is 18.5 Å². The predicted molar refractivity (Wildman–Crippen MR) is 154 cm³/mol. The fraction of sp³-hybridized carbons (Fsp3) is 0.400. The number of phenols is 1. The number of rotatable bonds is 6. The summed E-state index contributed by atoms with van der Waals surface area (Å²) in [7, 11) is 0. The van der Waals surface area contributed by atoms with Crippen LogP contribution in [0.5, 0.6) is 11.5 Å². The number of amides is 3. The summed E-state index contributed by atoms with van der Waals surface area (Å²) >= 11 is 2.79. The largest absolute Gasteiger partial charge is 0.504 e. The number of aryl methyl sites for hydroxylation is 1. The van der Waals surface area contributed by atoms with Gasteiger partial charge in [-0.05, 0) is 67.9 Å². The second-order valence-corrected chi connectivity index (χ2v) is 13.5. The highest BCUT2D eigenvalue weighted by Gasteiger charge is 2.69. The van der Waals surface area contributed by atoms with Crippen molar-refractivity contribution in [2.45, 2.75) is 36.5 Å². The Kier molecular flexibility index (Phi) is 6.27. The number of carbonyl (C=O) groups is 3. The van der Waals surface area contributed by atoms with E-state index in [1.54, 1.807) is 30.0 Å². The summed E-state index contributed by atoms with van der Waals surface area (Å²) in [6.07, 6.45) is 0.755. The van der Waals surface area contributed by atoms with Gasteiger partial charge in [0.05, 0.1) is 23.5 Å². The minimum Gasteiger partial charge on any atom is -0.504 e. The minimum absolute atomic E-state index is 0.0160. The Labute approximate surface area is 244 Å². The van der Waals surface area contributed by atoms with Gasteiger partial charge >= 0.3 is 4.87 Å². The van der Waals surface area contributed by atoms with Gasteiger partial charge in [-0.3, -0.25) is 24.1 Å². The number of aromatic nitrogens is 1. The van der Waals surface area contributed by atoms with Crippen molar-refractivity contribution in [3.8, 4) is 11.5 Å². The van der Waals surface area contributed by atoms with Crippen LogP contribution in [0.1, 0.15) is 35.3 Å². The molecule has 11 heteroatoms. The van der Waals surface area contributed by atoms with E-state index in [-0.39, 0.29) is 57.9 Å². The standard InChI is InChI=1S/C30H29N3O6S2/c1-3-39-19-10-14(6-9-18(19)34)21-22-16-11-17(25(22)40-27-26(21)41-30(38)32-27)24-23(16)28(36)33(29(24)37)12-20(35)31-15-7-4-13(2)5-8-15/h4-10,16-17,21-25,34H,3,11-12H2,1-2H3,(H,31,35)(H,32,38). The van der Waals surface area contributed by atoms with Crippen molar-refractivity contribution in [1.29, 1.82) is 0 Å². The third-order valence-corrected chi connectivity index (χ3v) is 11.7. The van der Waals surface area contributed by atoms with E-state index in [1.807, 2.05) is 38.1 Å². The summed E-state index contributed by atoms with van der Waals surface area (Å²) in [6.45, 7) is 3.89. The Bertz CT molecular complexity index is 1630. The summed E-state index contributed by atoms with van der Waals surface area (Å²) in [4.78, 5) is 57.7. The highest BCUT2D eigenvalue weighted by molar-refractivity contribution is 8.00. The zero-order chi connectivity index (χ0) is 28.6. The van der Waals surface area contributed by atoms with Crippen molar-refractivity contribution in [3.63, 3.8) is 0 Å². The number of anilines is 1. The lowest BCUT2D eigenvalue weighted by atomic mass is 9.68. The molecule has 2 saturated carbocycles.